The minimum Gasteiger partial charge on any atom is -0.467 e. The monoisotopic (exact) mass is 431 g/mol. The van der Waals surface area contributed by atoms with Crippen molar-refractivity contribution in [2.24, 2.45) is 0 Å². The quantitative estimate of drug-likeness (QED) is 0.513. The Morgan fingerprint density at radius 2 is 1.97 bits per heavy atom. The third-order valence-corrected chi connectivity index (χ3v) is 5.70. The number of carbonyl (C=O) groups excluding carboxylic acids is 1. The number of pyridine rings is 1. The highest BCUT2D eigenvalue weighted by Crippen LogP contribution is 2.31. The molecule has 1 aliphatic heterocycles. The first-order valence-electron chi connectivity index (χ1n) is 10.6. The number of nitrogens with zero attached hydrogens (tertiary/aromatic N) is 5. The van der Waals surface area contributed by atoms with E-state index in [1.165, 1.54) is 7.11 Å². The van der Waals surface area contributed by atoms with Gasteiger partial charge in [-0.05, 0) is 38.1 Å². The number of carbonyl (C=O) groups is 1. The molecule has 1 aliphatic rings. The molecule has 2 atom stereocenters. The lowest BCUT2D eigenvalue weighted by Gasteiger charge is -2.38. The number of ether oxygens (including phenoxy) is 1. The molecule has 3 aromatic heterocycles. The molecule has 4 heterocycles. The van der Waals surface area contributed by atoms with E-state index in [9.17, 15) is 4.79 Å². The molecule has 0 saturated carbocycles. The van der Waals surface area contributed by atoms with E-state index in [0.29, 0.717) is 34.5 Å². The molecule has 2 N–H and O–H groups in total. The summed E-state index contributed by atoms with van der Waals surface area (Å²) in [5.74, 6) is -0.263. The summed E-state index contributed by atoms with van der Waals surface area (Å²) in [7, 11) is 1.52. The SMILES string of the molecule is COc1ncc2c(N3C[C@@H](C)N[C@@H](C)C3)ccc(C(=O)Nc3cccn4ccnc34)c2n1. The number of hydrogen-bond donors (Lipinski definition) is 2. The zero-order valence-electron chi connectivity index (χ0n) is 18.2. The number of aromatic nitrogens is 4. The second-order valence-electron chi connectivity index (χ2n) is 8.16. The van der Waals surface area contributed by atoms with E-state index in [1.807, 2.05) is 41.1 Å². The summed E-state index contributed by atoms with van der Waals surface area (Å²) in [6, 6.07) is 8.42. The van der Waals surface area contributed by atoms with Crippen molar-refractivity contribution < 1.29 is 9.53 Å². The van der Waals surface area contributed by atoms with Gasteiger partial charge in [0.05, 0.1) is 23.9 Å². The smallest absolute Gasteiger partial charge is 0.316 e. The maximum absolute atomic E-state index is 13.3. The number of amides is 1. The van der Waals surface area contributed by atoms with Crippen LogP contribution in [-0.4, -0.2) is 57.5 Å². The molecule has 5 rings (SSSR count). The van der Waals surface area contributed by atoms with Crippen LogP contribution in [0.1, 0.15) is 24.2 Å². The Morgan fingerprint density at radius 3 is 2.75 bits per heavy atom. The number of hydrogen-bond acceptors (Lipinski definition) is 7. The minimum absolute atomic E-state index is 0.223. The number of imidazole rings is 1. The van der Waals surface area contributed by atoms with Crippen molar-refractivity contribution in [3.8, 4) is 6.01 Å². The van der Waals surface area contributed by atoms with Crippen molar-refractivity contribution in [3.63, 3.8) is 0 Å². The molecule has 1 amide bonds. The number of benzene rings is 1. The fourth-order valence-electron chi connectivity index (χ4n) is 4.41. The summed E-state index contributed by atoms with van der Waals surface area (Å²) in [5, 5.41) is 7.35. The summed E-state index contributed by atoms with van der Waals surface area (Å²) < 4.78 is 7.11. The second kappa shape index (κ2) is 8.08. The van der Waals surface area contributed by atoms with Gasteiger partial charge < -0.3 is 24.7 Å². The van der Waals surface area contributed by atoms with Crippen LogP contribution in [0.4, 0.5) is 11.4 Å². The molecule has 1 saturated heterocycles. The van der Waals surface area contributed by atoms with Gasteiger partial charge in [0.2, 0.25) is 0 Å². The fourth-order valence-corrected chi connectivity index (χ4v) is 4.41. The van der Waals surface area contributed by atoms with E-state index in [1.54, 1.807) is 12.4 Å². The van der Waals surface area contributed by atoms with Gasteiger partial charge >= 0.3 is 6.01 Å². The Labute approximate surface area is 185 Å². The lowest BCUT2D eigenvalue weighted by molar-refractivity contribution is 0.102. The Bertz CT molecular complexity index is 1290. The number of piperazine rings is 1. The van der Waals surface area contributed by atoms with Gasteiger partial charge in [0.15, 0.2) is 5.65 Å². The molecule has 1 fully saturated rings. The van der Waals surface area contributed by atoms with E-state index >= 15 is 0 Å². The van der Waals surface area contributed by atoms with Gasteiger partial charge in [0, 0.05) is 61.0 Å². The molecule has 0 spiro atoms. The van der Waals surface area contributed by atoms with Crippen LogP contribution < -0.4 is 20.3 Å². The Balaban J connectivity index is 1.57. The fraction of sp³-hybridized carbons (Fsp3) is 0.304. The van der Waals surface area contributed by atoms with Crippen molar-refractivity contribution in [1.29, 1.82) is 0 Å². The van der Waals surface area contributed by atoms with Crippen molar-refractivity contribution in [1.82, 2.24) is 24.7 Å². The number of fused-ring (bicyclic) bond motifs is 2. The second-order valence-corrected chi connectivity index (χ2v) is 8.16. The topological polar surface area (TPSA) is 96.7 Å². The predicted molar refractivity (Wildman–Crippen MR) is 124 cm³/mol. The number of rotatable bonds is 4. The van der Waals surface area contributed by atoms with Gasteiger partial charge in [-0.25, -0.2) is 9.97 Å². The molecule has 4 aromatic rings. The van der Waals surface area contributed by atoms with Gasteiger partial charge in [0.1, 0.15) is 0 Å². The summed E-state index contributed by atoms with van der Waals surface area (Å²) in [6.45, 7) is 6.06. The van der Waals surface area contributed by atoms with Crippen molar-refractivity contribution >= 4 is 33.8 Å². The Kier molecular flexibility index (Phi) is 5.10. The average molecular weight is 432 g/mol. The van der Waals surface area contributed by atoms with Crippen LogP contribution in [0.15, 0.2) is 49.1 Å². The number of anilines is 2. The molecule has 1 aromatic carbocycles. The molecule has 164 valence electrons. The molecule has 0 bridgehead atoms. The van der Waals surface area contributed by atoms with E-state index in [2.05, 4.69) is 44.3 Å². The third kappa shape index (κ3) is 3.60. The third-order valence-electron chi connectivity index (χ3n) is 5.70. The van der Waals surface area contributed by atoms with Gasteiger partial charge in [-0.1, -0.05) is 0 Å². The van der Waals surface area contributed by atoms with Gasteiger partial charge in [0.25, 0.3) is 5.91 Å². The van der Waals surface area contributed by atoms with Gasteiger partial charge in [-0.2, -0.15) is 4.98 Å². The van der Waals surface area contributed by atoms with Crippen molar-refractivity contribution in [2.45, 2.75) is 25.9 Å². The van der Waals surface area contributed by atoms with Crippen LogP contribution in [0, 0.1) is 0 Å². The highest BCUT2D eigenvalue weighted by Gasteiger charge is 2.24. The molecular weight excluding hydrogens is 406 g/mol. The van der Waals surface area contributed by atoms with Crippen LogP contribution in [0.2, 0.25) is 0 Å². The molecule has 9 nitrogen and oxygen atoms in total. The first kappa shape index (κ1) is 20.2. The first-order valence-corrected chi connectivity index (χ1v) is 10.6. The number of nitrogens with one attached hydrogen (secondary N) is 2. The summed E-state index contributed by atoms with van der Waals surface area (Å²) in [4.78, 5) is 28.8. The van der Waals surface area contributed by atoms with Gasteiger partial charge in [-0.3, -0.25) is 4.79 Å². The zero-order valence-corrected chi connectivity index (χ0v) is 18.2. The lowest BCUT2D eigenvalue weighted by Crippen LogP contribution is -2.54. The summed E-state index contributed by atoms with van der Waals surface area (Å²) in [5.41, 5.74) is 3.33. The van der Waals surface area contributed by atoms with E-state index in [0.717, 1.165) is 24.2 Å². The molecule has 32 heavy (non-hydrogen) atoms. The number of methoxy groups -OCH3 is 1. The van der Waals surface area contributed by atoms with Crippen LogP contribution in [0.25, 0.3) is 16.6 Å². The largest absolute Gasteiger partial charge is 0.467 e. The van der Waals surface area contributed by atoms with Crippen molar-refractivity contribution in [3.05, 3.63) is 54.6 Å². The van der Waals surface area contributed by atoms with Crippen LogP contribution in [0.3, 0.4) is 0 Å². The first-order chi connectivity index (χ1) is 15.5. The maximum Gasteiger partial charge on any atom is 0.316 e. The van der Waals surface area contributed by atoms with Gasteiger partial charge in [-0.15, -0.1) is 0 Å². The zero-order chi connectivity index (χ0) is 22.2. The minimum atomic E-state index is -0.263. The standard InChI is InChI=1S/C23H25N7O2/c1-14-12-30(13-15(2)26-14)19-7-6-16(20-17(19)11-25-23(28-20)32-3)22(31)27-18-5-4-9-29-10-8-24-21(18)29/h4-11,14-15,26H,12-13H2,1-3H3,(H,27,31)/t14-,15+. The maximum atomic E-state index is 13.3. The van der Waals surface area contributed by atoms with Crippen LogP contribution in [0.5, 0.6) is 6.01 Å². The normalized spacial score (nSPS) is 18.8. The van der Waals surface area contributed by atoms with Crippen LogP contribution >= 0.6 is 0 Å². The van der Waals surface area contributed by atoms with E-state index < -0.39 is 0 Å². The highest BCUT2D eigenvalue weighted by atomic mass is 16.5. The molecular formula is C23H25N7O2. The average Bonchev–Trinajstić information content (AvgIpc) is 3.27. The van der Waals surface area contributed by atoms with E-state index in [-0.39, 0.29) is 11.9 Å². The molecule has 0 aliphatic carbocycles. The highest BCUT2D eigenvalue weighted by molar-refractivity contribution is 6.14. The van der Waals surface area contributed by atoms with Crippen molar-refractivity contribution in [2.75, 3.05) is 30.4 Å². The summed E-state index contributed by atoms with van der Waals surface area (Å²) >= 11 is 0. The van der Waals surface area contributed by atoms with E-state index in [4.69, 9.17) is 4.74 Å². The predicted octanol–water partition coefficient (Wildman–Crippen LogP) is 2.73. The molecule has 0 unspecified atom stereocenters. The Morgan fingerprint density at radius 1 is 1.16 bits per heavy atom. The molecule has 0 radical (unpaired) electrons. The molecule has 9 heteroatoms. The summed E-state index contributed by atoms with van der Waals surface area (Å²) in [6.07, 6.45) is 7.15. The van der Waals surface area contributed by atoms with Crippen LogP contribution in [-0.2, 0) is 0 Å². The Hall–Kier alpha value is -3.72. The lowest BCUT2D eigenvalue weighted by atomic mass is 10.0.